The van der Waals surface area contributed by atoms with E-state index >= 15 is 0 Å². The third kappa shape index (κ3) is 3.14. The van der Waals surface area contributed by atoms with E-state index < -0.39 is 0 Å². The van der Waals surface area contributed by atoms with Crippen LogP contribution in [0.2, 0.25) is 0 Å². The molecule has 0 aliphatic carbocycles. The van der Waals surface area contributed by atoms with Crippen LogP contribution < -0.4 is 4.90 Å². The molecule has 0 radical (unpaired) electrons. The summed E-state index contributed by atoms with van der Waals surface area (Å²) in [4.78, 5) is 2.41. The van der Waals surface area contributed by atoms with Crippen LogP contribution >= 0.6 is 27.5 Å². The number of anilines is 1. The lowest BCUT2D eigenvalue weighted by Gasteiger charge is -2.29. The largest absolute Gasteiger partial charge is 0.369 e. The fourth-order valence-electron chi connectivity index (χ4n) is 1.79. The summed E-state index contributed by atoms with van der Waals surface area (Å²) >= 11 is 9.41. The third-order valence-electron chi connectivity index (χ3n) is 2.98. The zero-order valence-corrected chi connectivity index (χ0v) is 12.5. The average Bonchev–Trinajstić information content (AvgIpc) is 2.30. The Hall–Kier alpha value is -0.210. The Morgan fingerprint density at radius 2 is 2.06 bits per heavy atom. The zero-order valence-electron chi connectivity index (χ0n) is 10.1. The van der Waals surface area contributed by atoms with Gasteiger partial charge in [-0.3, -0.25) is 0 Å². The second-order valence-electron chi connectivity index (χ2n) is 3.95. The Balaban J connectivity index is 2.98. The molecule has 0 spiro atoms. The van der Waals surface area contributed by atoms with Gasteiger partial charge in [-0.2, -0.15) is 0 Å². The van der Waals surface area contributed by atoms with Crippen LogP contribution in [0.25, 0.3) is 0 Å². The van der Waals surface area contributed by atoms with Crippen molar-refractivity contribution in [1.82, 2.24) is 0 Å². The number of hydrogen-bond acceptors (Lipinski definition) is 1. The van der Waals surface area contributed by atoms with Gasteiger partial charge in [0.15, 0.2) is 0 Å². The summed E-state index contributed by atoms with van der Waals surface area (Å²) in [7, 11) is 0. The normalized spacial score (nSPS) is 12.6. The molecule has 0 aromatic heterocycles. The molecule has 1 atom stereocenters. The van der Waals surface area contributed by atoms with E-state index in [2.05, 4.69) is 59.8 Å². The predicted molar refractivity (Wildman–Crippen MR) is 76.5 cm³/mol. The van der Waals surface area contributed by atoms with Gasteiger partial charge in [-0.1, -0.05) is 28.9 Å². The monoisotopic (exact) mass is 303 g/mol. The van der Waals surface area contributed by atoms with E-state index in [1.54, 1.807) is 0 Å². The number of rotatable bonds is 5. The van der Waals surface area contributed by atoms with Crippen LogP contribution in [0.4, 0.5) is 5.69 Å². The SMILES string of the molecule is CCC(C)N(CC)c1ccc(CCl)c(Br)c1. The first kappa shape index (κ1) is 13.9. The Morgan fingerprint density at radius 3 is 2.50 bits per heavy atom. The minimum atomic E-state index is 0.552. The molecule has 1 rings (SSSR count). The Labute approximate surface area is 112 Å². The highest BCUT2D eigenvalue weighted by Gasteiger charge is 2.11. The highest BCUT2D eigenvalue weighted by Crippen LogP contribution is 2.26. The van der Waals surface area contributed by atoms with Crippen molar-refractivity contribution in [3.8, 4) is 0 Å². The summed E-state index contributed by atoms with van der Waals surface area (Å²) in [6.07, 6.45) is 1.16. The van der Waals surface area contributed by atoms with Crippen molar-refractivity contribution >= 4 is 33.2 Å². The lowest BCUT2D eigenvalue weighted by atomic mass is 10.1. The number of hydrogen-bond donors (Lipinski definition) is 0. The van der Waals surface area contributed by atoms with Crippen LogP contribution in [0.15, 0.2) is 22.7 Å². The van der Waals surface area contributed by atoms with E-state index in [-0.39, 0.29) is 0 Å². The second kappa shape index (κ2) is 6.51. The van der Waals surface area contributed by atoms with Gasteiger partial charge in [-0.05, 0) is 38.0 Å². The van der Waals surface area contributed by atoms with Gasteiger partial charge in [0, 0.05) is 28.6 Å². The molecular weight excluding hydrogens is 286 g/mol. The predicted octanol–water partition coefficient (Wildman–Crippen LogP) is 4.81. The highest BCUT2D eigenvalue weighted by atomic mass is 79.9. The third-order valence-corrected chi connectivity index (χ3v) is 4.00. The molecule has 0 aliphatic rings. The van der Waals surface area contributed by atoms with Crippen LogP contribution in [0.5, 0.6) is 0 Å². The first-order valence-corrected chi connectivity index (χ1v) is 7.07. The molecule has 16 heavy (non-hydrogen) atoms. The molecule has 0 N–H and O–H groups in total. The van der Waals surface area contributed by atoms with Crippen LogP contribution in [-0.4, -0.2) is 12.6 Å². The molecule has 90 valence electrons. The van der Waals surface area contributed by atoms with Crippen molar-refractivity contribution in [3.05, 3.63) is 28.2 Å². The molecule has 1 nitrogen and oxygen atoms in total. The minimum absolute atomic E-state index is 0.552. The van der Waals surface area contributed by atoms with Gasteiger partial charge in [-0.15, -0.1) is 11.6 Å². The summed E-state index contributed by atoms with van der Waals surface area (Å²) in [5.74, 6) is 0.552. The maximum absolute atomic E-state index is 5.84. The molecule has 0 bridgehead atoms. The second-order valence-corrected chi connectivity index (χ2v) is 5.07. The van der Waals surface area contributed by atoms with Gasteiger partial charge in [0.05, 0.1) is 0 Å². The zero-order chi connectivity index (χ0) is 12.1. The fraction of sp³-hybridized carbons (Fsp3) is 0.538. The van der Waals surface area contributed by atoms with E-state index in [0.29, 0.717) is 11.9 Å². The molecule has 0 fully saturated rings. The van der Waals surface area contributed by atoms with Gasteiger partial charge in [0.25, 0.3) is 0 Å². The lowest BCUT2D eigenvalue weighted by Crippen LogP contribution is -2.32. The summed E-state index contributed by atoms with van der Waals surface area (Å²) in [5.41, 5.74) is 2.41. The quantitative estimate of drug-likeness (QED) is 0.705. The Kier molecular flexibility index (Phi) is 5.63. The van der Waals surface area contributed by atoms with E-state index in [9.17, 15) is 0 Å². The van der Waals surface area contributed by atoms with Crippen LogP contribution in [0, 0.1) is 0 Å². The van der Waals surface area contributed by atoms with Gasteiger partial charge < -0.3 is 4.90 Å². The minimum Gasteiger partial charge on any atom is -0.369 e. The Morgan fingerprint density at radius 1 is 1.38 bits per heavy atom. The molecule has 1 aromatic rings. The Bertz CT molecular complexity index is 341. The summed E-state index contributed by atoms with van der Waals surface area (Å²) in [5, 5.41) is 0. The van der Waals surface area contributed by atoms with Crippen LogP contribution in [0.1, 0.15) is 32.8 Å². The summed E-state index contributed by atoms with van der Waals surface area (Å²) in [6.45, 7) is 7.69. The number of benzene rings is 1. The lowest BCUT2D eigenvalue weighted by molar-refractivity contribution is 0.630. The maximum Gasteiger partial charge on any atom is 0.0485 e. The first-order valence-electron chi connectivity index (χ1n) is 5.75. The van der Waals surface area contributed by atoms with Crippen molar-refractivity contribution in [1.29, 1.82) is 0 Å². The van der Waals surface area contributed by atoms with Crippen molar-refractivity contribution in [3.63, 3.8) is 0 Å². The first-order chi connectivity index (χ1) is 7.63. The van der Waals surface area contributed by atoms with Crippen molar-refractivity contribution < 1.29 is 0 Å². The van der Waals surface area contributed by atoms with Crippen LogP contribution in [0.3, 0.4) is 0 Å². The molecule has 0 aliphatic heterocycles. The molecule has 3 heteroatoms. The van der Waals surface area contributed by atoms with E-state index in [4.69, 9.17) is 11.6 Å². The molecule has 1 aromatic carbocycles. The maximum atomic E-state index is 5.84. The van der Waals surface area contributed by atoms with E-state index in [0.717, 1.165) is 23.0 Å². The van der Waals surface area contributed by atoms with E-state index in [1.807, 2.05) is 0 Å². The average molecular weight is 305 g/mol. The van der Waals surface area contributed by atoms with Crippen LogP contribution in [-0.2, 0) is 5.88 Å². The van der Waals surface area contributed by atoms with Crippen molar-refractivity contribution in [2.45, 2.75) is 39.1 Å². The van der Waals surface area contributed by atoms with Crippen molar-refractivity contribution in [2.75, 3.05) is 11.4 Å². The molecule has 0 saturated carbocycles. The smallest absolute Gasteiger partial charge is 0.0485 e. The number of alkyl halides is 1. The molecule has 0 heterocycles. The molecular formula is C13H19BrClN. The van der Waals surface area contributed by atoms with E-state index in [1.165, 1.54) is 5.69 Å². The van der Waals surface area contributed by atoms with Crippen molar-refractivity contribution in [2.24, 2.45) is 0 Å². The topological polar surface area (TPSA) is 3.24 Å². The molecule has 1 unspecified atom stereocenters. The standard InChI is InChI=1S/C13H19BrClN/c1-4-10(3)16(5-2)12-7-6-11(9-15)13(14)8-12/h6-8,10H,4-5,9H2,1-3H3. The number of halogens is 2. The fourth-order valence-corrected chi connectivity index (χ4v) is 2.69. The van der Waals surface area contributed by atoms with Gasteiger partial charge in [0.2, 0.25) is 0 Å². The highest BCUT2D eigenvalue weighted by molar-refractivity contribution is 9.10. The summed E-state index contributed by atoms with van der Waals surface area (Å²) < 4.78 is 1.10. The van der Waals surface area contributed by atoms with Gasteiger partial charge in [0.1, 0.15) is 0 Å². The van der Waals surface area contributed by atoms with Gasteiger partial charge >= 0.3 is 0 Å². The molecule has 0 saturated heterocycles. The van der Waals surface area contributed by atoms with Gasteiger partial charge in [-0.25, -0.2) is 0 Å². The number of nitrogens with zero attached hydrogens (tertiary/aromatic N) is 1. The molecule has 0 amide bonds. The summed E-state index contributed by atoms with van der Waals surface area (Å²) in [6, 6.07) is 6.97.